The van der Waals surface area contributed by atoms with Crippen LogP contribution in [0.1, 0.15) is 11.3 Å². The summed E-state index contributed by atoms with van der Waals surface area (Å²) in [7, 11) is 0. The summed E-state index contributed by atoms with van der Waals surface area (Å²) in [6, 6.07) is 1.95. The third kappa shape index (κ3) is 2.08. The number of ether oxygens (including phenoxy) is 1. The molecule has 2 aromatic rings. The number of aromatic amines is 1. The maximum absolute atomic E-state index is 11.9. The van der Waals surface area contributed by atoms with E-state index < -0.39 is 0 Å². The summed E-state index contributed by atoms with van der Waals surface area (Å²) in [4.78, 5) is 20.2. The predicted octanol–water partition coefficient (Wildman–Crippen LogP) is 2.33. The van der Waals surface area contributed by atoms with E-state index in [0.717, 1.165) is 15.0 Å². The SMILES string of the molecule is O=c1[nH]c(-c2cc(Br)cs2)nc2c1COCC2. The molecule has 17 heavy (non-hydrogen) atoms. The van der Waals surface area contributed by atoms with Crippen molar-refractivity contribution in [1.29, 1.82) is 0 Å². The van der Waals surface area contributed by atoms with Crippen LogP contribution in [-0.4, -0.2) is 16.6 Å². The first-order valence-electron chi connectivity index (χ1n) is 5.18. The minimum Gasteiger partial charge on any atom is -0.376 e. The molecule has 4 nitrogen and oxygen atoms in total. The summed E-state index contributed by atoms with van der Waals surface area (Å²) in [6.07, 6.45) is 0.707. The van der Waals surface area contributed by atoms with Crippen LogP contribution in [0.3, 0.4) is 0 Å². The Balaban J connectivity index is 2.13. The summed E-state index contributed by atoms with van der Waals surface area (Å²) < 4.78 is 6.26. The highest BCUT2D eigenvalue weighted by atomic mass is 79.9. The van der Waals surface area contributed by atoms with Gasteiger partial charge in [0, 0.05) is 16.3 Å². The summed E-state index contributed by atoms with van der Waals surface area (Å²) in [6.45, 7) is 1.00. The molecule has 1 N–H and O–H groups in total. The Kier molecular flexibility index (Phi) is 2.85. The molecular formula is C11H9BrN2O2S. The van der Waals surface area contributed by atoms with Crippen molar-refractivity contribution in [2.45, 2.75) is 13.0 Å². The van der Waals surface area contributed by atoms with Gasteiger partial charge in [0.05, 0.1) is 29.3 Å². The largest absolute Gasteiger partial charge is 0.376 e. The molecule has 0 atom stereocenters. The molecule has 0 saturated heterocycles. The smallest absolute Gasteiger partial charge is 0.256 e. The van der Waals surface area contributed by atoms with Gasteiger partial charge in [0.1, 0.15) is 0 Å². The highest BCUT2D eigenvalue weighted by Crippen LogP contribution is 2.27. The lowest BCUT2D eigenvalue weighted by Crippen LogP contribution is -2.24. The highest BCUT2D eigenvalue weighted by Gasteiger charge is 2.16. The number of thiophene rings is 1. The molecule has 0 spiro atoms. The van der Waals surface area contributed by atoms with Crippen LogP contribution in [-0.2, 0) is 17.8 Å². The fraction of sp³-hybridized carbons (Fsp3) is 0.273. The molecule has 1 aliphatic rings. The Morgan fingerprint density at radius 3 is 3.18 bits per heavy atom. The Bertz CT molecular complexity index is 620. The number of nitrogens with zero attached hydrogens (tertiary/aromatic N) is 1. The minimum absolute atomic E-state index is 0.0887. The second kappa shape index (κ2) is 4.36. The molecule has 3 rings (SSSR count). The quantitative estimate of drug-likeness (QED) is 0.879. The lowest BCUT2D eigenvalue weighted by molar-refractivity contribution is 0.108. The van der Waals surface area contributed by atoms with Crippen molar-refractivity contribution in [2.75, 3.05) is 6.61 Å². The van der Waals surface area contributed by atoms with Gasteiger partial charge in [-0.2, -0.15) is 0 Å². The van der Waals surface area contributed by atoms with Crippen molar-refractivity contribution in [2.24, 2.45) is 0 Å². The summed E-state index contributed by atoms with van der Waals surface area (Å²) in [5.41, 5.74) is 1.43. The average Bonchev–Trinajstić information content (AvgIpc) is 2.76. The molecule has 0 amide bonds. The van der Waals surface area contributed by atoms with Gasteiger partial charge in [-0.15, -0.1) is 11.3 Å². The van der Waals surface area contributed by atoms with E-state index >= 15 is 0 Å². The average molecular weight is 313 g/mol. The number of H-pyrrole nitrogens is 1. The zero-order chi connectivity index (χ0) is 11.8. The molecule has 0 aliphatic carbocycles. The second-order valence-corrected chi connectivity index (χ2v) is 5.60. The predicted molar refractivity (Wildman–Crippen MR) is 69.2 cm³/mol. The van der Waals surface area contributed by atoms with Gasteiger partial charge in [0.15, 0.2) is 5.82 Å². The van der Waals surface area contributed by atoms with E-state index in [9.17, 15) is 4.79 Å². The minimum atomic E-state index is -0.0887. The number of halogens is 1. The van der Waals surface area contributed by atoms with Gasteiger partial charge in [0.25, 0.3) is 5.56 Å². The van der Waals surface area contributed by atoms with Crippen LogP contribution in [0.25, 0.3) is 10.7 Å². The van der Waals surface area contributed by atoms with E-state index in [-0.39, 0.29) is 5.56 Å². The van der Waals surface area contributed by atoms with Crippen LogP contribution < -0.4 is 5.56 Å². The second-order valence-electron chi connectivity index (χ2n) is 3.77. The first kappa shape index (κ1) is 11.1. The van der Waals surface area contributed by atoms with E-state index in [1.807, 2.05) is 11.4 Å². The van der Waals surface area contributed by atoms with Crippen LogP contribution >= 0.6 is 27.3 Å². The monoisotopic (exact) mass is 312 g/mol. The number of aromatic nitrogens is 2. The highest BCUT2D eigenvalue weighted by molar-refractivity contribution is 9.10. The molecular weight excluding hydrogens is 304 g/mol. The van der Waals surface area contributed by atoms with Crippen molar-refractivity contribution in [3.8, 4) is 10.7 Å². The third-order valence-corrected chi connectivity index (χ3v) is 4.33. The van der Waals surface area contributed by atoms with Crippen LogP contribution in [0, 0.1) is 0 Å². The first-order chi connectivity index (χ1) is 8.24. The van der Waals surface area contributed by atoms with Crippen LogP contribution in [0.15, 0.2) is 20.7 Å². The van der Waals surface area contributed by atoms with Crippen LogP contribution in [0.4, 0.5) is 0 Å². The molecule has 3 heterocycles. The van der Waals surface area contributed by atoms with Gasteiger partial charge in [0.2, 0.25) is 0 Å². The zero-order valence-electron chi connectivity index (χ0n) is 8.83. The Labute approximate surface area is 110 Å². The molecule has 1 aliphatic heterocycles. The fourth-order valence-electron chi connectivity index (χ4n) is 1.80. The molecule has 0 bridgehead atoms. The van der Waals surface area contributed by atoms with E-state index in [2.05, 4.69) is 25.9 Å². The summed E-state index contributed by atoms with van der Waals surface area (Å²) in [5.74, 6) is 0.645. The number of fused-ring (bicyclic) bond motifs is 1. The standard InChI is InChI=1S/C11H9BrN2O2S/c12-6-3-9(17-5-6)10-13-8-1-2-16-4-7(8)11(15)14-10/h3,5H,1-2,4H2,(H,13,14,15). The van der Waals surface area contributed by atoms with Gasteiger partial charge in [-0.3, -0.25) is 4.79 Å². The first-order valence-corrected chi connectivity index (χ1v) is 6.85. The topological polar surface area (TPSA) is 55.0 Å². The molecule has 0 aromatic carbocycles. The molecule has 0 fully saturated rings. The van der Waals surface area contributed by atoms with E-state index in [4.69, 9.17) is 4.74 Å². The Morgan fingerprint density at radius 1 is 1.53 bits per heavy atom. The van der Waals surface area contributed by atoms with Gasteiger partial charge in [-0.05, 0) is 22.0 Å². The van der Waals surface area contributed by atoms with Crippen LogP contribution in [0.5, 0.6) is 0 Å². The van der Waals surface area contributed by atoms with Crippen molar-refractivity contribution in [1.82, 2.24) is 9.97 Å². The van der Waals surface area contributed by atoms with Gasteiger partial charge >= 0.3 is 0 Å². The lowest BCUT2D eigenvalue weighted by atomic mass is 10.1. The molecule has 88 valence electrons. The Morgan fingerprint density at radius 2 is 2.41 bits per heavy atom. The molecule has 2 aromatic heterocycles. The summed E-state index contributed by atoms with van der Waals surface area (Å²) in [5, 5.41) is 1.97. The van der Waals surface area contributed by atoms with Gasteiger partial charge < -0.3 is 9.72 Å². The van der Waals surface area contributed by atoms with Crippen LogP contribution in [0.2, 0.25) is 0 Å². The van der Waals surface area contributed by atoms with Crippen molar-refractivity contribution in [3.05, 3.63) is 37.5 Å². The van der Waals surface area contributed by atoms with Gasteiger partial charge in [-0.1, -0.05) is 0 Å². The number of nitrogens with one attached hydrogen (secondary N) is 1. The number of hydrogen-bond acceptors (Lipinski definition) is 4. The van der Waals surface area contributed by atoms with E-state index in [1.54, 1.807) is 11.3 Å². The lowest BCUT2D eigenvalue weighted by Gasteiger charge is -2.14. The zero-order valence-corrected chi connectivity index (χ0v) is 11.2. The van der Waals surface area contributed by atoms with E-state index in [1.165, 1.54) is 0 Å². The van der Waals surface area contributed by atoms with E-state index in [0.29, 0.717) is 31.0 Å². The summed E-state index contributed by atoms with van der Waals surface area (Å²) >= 11 is 4.94. The normalized spacial score (nSPS) is 14.6. The van der Waals surface area contributed by atoms with Crippen molar-refractivity contribution >= 4 is 27.3 Å². The van der Waals surface area contributed by atoms with Crippen molar-refractivity contribution in [3.63, 3.8) is 0 Å². The maximum atomic E-state index is 11.9. The van der Waals surface area contributed by atoms with Crippen molar-refractivity contribution < 1.29 is 4.74 Å². The molecule has 0 radical (unpaired) electrons. The third-order valence-electron chi connectivity index (χ3n) is 2.63. The molecule has 6 heteroatoms. The Hall–Kier alpha value is -0.980. The fourth-order valence-corrected chi connectivity index (χ4v) is 3.17. The molecule has 0 saturated carbocycles. The number of rotatable bonds is 1. The maximum Gasteiger partial charge on any atom is 0.256 e. The van der Waals surface area contributed by atoms with Gasteiger partial charge in [-0.25, -0.2) is 4.98 Å². The number of hydrogen-bond donors (Lipinski definition) is 1. The molecule has 0 unspecified atom stereocenters.